The van der Waals surface area contributed by atoms with E-state index in [1.54, 1.807) is 41.5 Å². The molecule has 0 aliphatic heterocycles. The zero-order chi connectivity index (χ0) is 22.2. The first-order valence-corrected chi connectivity index (χ1v) is 9.14. The maximum atomic E-state index is 12.5. The average Bonchev–Trinajstić information content (AvgIpc) is 2.59. The molecule has 0 radical (unpaired) electrons. The van der Waals surface area contributed by atoms with Crippen LogP contribution in [-0.4, -0.2) is 49.5 Å². The van der Waals surface area contributed by atoms with Gasteiger partial charge in [-0.25, -0.2) is 19.2 Å². The van der Waals surface area contributed by atoms with E-state index in [1.165, 1.54) is 0 Å². The Morgan fingerprint density at radius 2 is 1.31 bits per heavy atom. The molecule has 9 heteroatoms. The topological polar surface area (TPSA) is 114 Å². The lowest BCUT2D eigenvalue weighted by Gasteiger charge is -2.20. The van der Waals surface area contributed by atoms with E-state index in [9.17, 15) is 19.2 Å². The summed E-state index contributed by atoms with van der Waals surface area (Å²) in [5.74, 6) is -2.98. The summed E-state index contributed by atoms with van der Waals surface area (Å²) in [6, 6.07) is 2.24. The van der Waals surface area contributed by atoms with E-state index < -0.39 is 29.7 Å². The second-order valence-electron chi connectivity index (χ2n) is 6.62. The van der Waals surface area contributed by atoms with Crippen molar-refractivity contribution in [2.45, 2.75) is 47.1 Å². The number of esters is 3. The molecule has 0 amide bonds. The van der Waals surface area contributed by atoms with Crippen LogP contribution in [0.1, 0.15) is 72.6 Å². The minimum absolute atomic E-state index is 0.00655. The molecule has 0 bridgehead atoms. The van der Waals surface area contributed by atoms with Gasteiger partial charge in [0.15, 0.2) is 5.75 Å². The van der Waals surface area contributed by atoms with Crippen LogP contribution >= 0.6 is 0 Å². The molecule has 0 atom stereocenters. The molecule has 0 spiro atoms. The van der Waals surface area contributed by atoms with Gasteiger partial charge in [0.05, 0.1) is 30.9 Å². The second kappa shape index (κ2) is 10.4. The molecule has 0 unspecified atom stereocenters. The average molecular weight is 410 g/mol. The Morgan fingerprint density at radius 1 is 0.793 bits per heavy atom. The molecule has 29 heavy (non-hydrogen) atoms. The molecule has 0 aliphatic rings. The minimum atomic E-state index is -1.13. The van der Waals surface area contributed by atoms with Gasteiger partial charge in [-0.15, -0.1) is 0 Å². The molecule has 9 nitrogen and oxygen atoms in total. The molecule has 160 valence electrons. The first kappa shape index (κ1) is 23.9. The molecule has 0 N–H and O–H groups in total. The quantitative estimate of drug-likeness (QED) is 0.378. The summed E-state index contributed by atoms with van der Waals surface area (Å²) in [6.07, 6.45) is -1.13. The van der Waals surface area contributed by atoms with Crippen molar-refractivity contribution in [1.29, 1.82) is 0 Å². The van der Waals surface area contributed by atoms with Gasteiger partial charge in [0.2, 0.25) is 0 Å². The third kappa shape index (κ3) is 7.10. The maximum Gasteiger partial charge on any atom is 0.514 e. The predicted molar refractivity (Wildman–Crippen MR) is 101 cm³/mol. The van der Waals surface area contributed by atoms with Crippen LogP contribution in [0, 0.1) is 0 Å². The zero-order valence-electron chi connectivity index (χ0n) is 17.5. The molecular weight excluding hydrogens is 384 g/mol. The highest BCUT2D eigenvalue weighted by atomic mass is 16.7. The highest BCUT2D eigenvalue weighted by Gasteiger charge is 2.29. The third-order valence-electron chi connectivity index (χ3n) is 3.17. The van der Waals surface area contributed by atoms with Gasteiger partial charge in [0.1, 0.15) is 11.2 Å². The Morgan fingerprint density at radius 3 is 1.83 bits per heavy atom. The molecular formula is C20H26O9. The second-order valence-corrected chi connectivity index (χ2v) is 6.62. The first-order chi connectivity index (χ1) is 13.5. The van der Waals surface area contributed by atoms with Crippen LogP contribution < -0.4 is 4.74 Å². The van der Waals surface area contributed by atoms with Gasteiger partial charge in [-0.05, 0) is 53.7 Å². The van der Waals surface area contributed by atoms with E-state index in [4.69, 9.17) is 23.7 Å². The summed E-state index contributed by atoms with van der Waals surface area (Å²) in [6.45, 7) is 9.74. The minimum Gasteiger partial charge on any atom is -0.462 e. The molecule has 1 rings (SSSR count). The monoisotopic (exact) mass is 410 g/mol. The normalized spacial score (nSPS) is 10.7. The number of hydrogen-bond donors (Lipinski definition) is 0. The zero-order valence-corrected chi connectivity index (χ0v) is 17.5. The number of carbonyl (C=O) groups is 4. The molecule has 0 aliphatic carbocycles. The van der Waals surface area contributed by atoms with Crippen LogP contribution in [0.15, 0.2) is 12.1 Å². The summed E-state index contributed by atoms with van der Waals surface area (Å²) >= 11 is 0. The highest BCUT2D eigenvalue weighted by molar-refractivity contribution is 6.07. The van der Waals surface area contributed by atoms with Crippen LogP contribution in [0.2, 0.25) is 0 Å². The fourth-order valence-electron chi connectivity index (χ4n) is 2.17. The fourth-order valence-corrected chi connectivity index (χ4v) is 2.17. The Labute approximate surface area is 169 Å². The Hall–Kier alpha value is -3.10. The Balaban J connectivity index is 3.60. The van der Waals surface area contributed by atoms with E-state index in [0.29, 0.717) is 0 Å². The number of hydrogen-bond acceptors (Lipinski definition) is 9. The highest BCUT2D eigenvalue weighted by Crippen LogP contribution is 2.28. The first-order valence-electron chi connectivity index (χ1n) is 9.14. The van der Waals surface area contributed by atoms with Crippen LogP contribution in [0.3, 0.4) is 0 Å². The van der Waals surface area contributed by atoms with Crippen molar-refractivity contribution in [3.63, 3.8) is 0 Å². The summed E-state index contributed by atoms with van der Waals surface area (Å²) in [7, 11) is 0. The van der Waals surface area contributed by atoms with Gasteiger partial charge < -0.3 is 23.7 Å². The van der Waals surface area contributed by atoms with Crippen LogP contribution in [0.5, 0.6) is 5.75 Å². The molecule has 0 fully saturated rings. The van der Waals surface area contributed by atoms with Crippen molar-refractivity contribution < 1.29 is 42.9 Å². The van der Waals surface area contributed by atoms with Gasteiger partial charge in [-0.2, -0.15) is 0 Å². The number of rotatable bonds is 7. The van der Waals surface area contributed by atoms with Crippen molar-refractivity contribution in [2.24, 2.45) is 0 Å². The lowest BCUT2D eigenvalue weighted by molar-refractivity contribution is 0.0198. The molecule has 0 saturated carbocycles. The summed E-state index contributed by atoms with van der Waals surface area (Å²) < 4.78 is 25.1. The van der Waals surface area contributed by atoms with E-state index in [2.05, 4.69) is 0 Å². The van der Waals surface area contributed by atoms with Gasteiger partial charge in [0, 0.05) is 0 Å². The molecule has 0 saturated heterocycles. The summed E-state index contributed by atoms with van der Waals surface area (Å²) in [5.41, 5.74) is -1.63. The van der Waals surface area contributed by atoms with Crippen molar-refractivity contribution in [1.82, 2.24) is 0 Å². The number of ether oxygens (including phenoxy) is 5. The van der Waals surface area contributed by atoms with Crippen molar-refractivity contribution in [3.05, 3.63) is 28.8 Å². The number of benzene rings is 1. The van der Waals surface area contributed by atoms with E-state index in [1.807, 2.05) is 0 Å². The standard InChI is InChI=1S/C20H26O9/c1-7-25-16(21)12-10-13(17(22)26-8-2)15(18(23)27-9-3)14(11-12)28-19(24)29-20(4,5)6/h10-11H,7-9H2,1-6H3. The molecule has 0 aromatic heterocycles. The van der Waals surface area contributed by atoms with Gasteiger partial charge >= 0.3 is 24.1 Å². The largest absolute Gasteiger partial charge is 0.514 e. The van der Waals surface area contributed by atoms with E-state index in [-0.39, 0.29) is 42.3 Å². The lowest BCUT2D eigenvalue weighted by Crippen LogP contribution is -2.27. The third-order valence-corrected chi connectivity index (χ3v) is 3.17. The number of carbonyl (C=O) groups excluding carboxylic acids is 4. The predicted octanol–water partition coefficient (Wildman–Crippen LogP) is 3.53. The van der Waals surface area contributed by atoms with Crippen molar-refractivity contribution in [3.8, 4) is 5.75 Å². The summed E-state index contributed by atoms with van der Waals surface area (Å²) in [4.78, 5) is 49.2. The summed E-state index contributed by atoms with van der Waals surface area (Å²) in [5, 5.41) is 0. The lowest BCUT2D eigenvalue weighted by atomic mass is 10.0. The molecule has 1 aromatic carbocycles. The SMILES string of the molecule is CCOC(=O)c1cc(OC(=O)OC(C)(C)C)c(C(=O)OCC)c(C(=O)OCC)c1. The Kier molecular flexibility index (Phi) is 8.62. The fraction of sp³-hybridized carbons (Fsp3) is 0.500. The smallest absolute Gasteiger partial charge is 0.462 e. The van der Waals surface area contributed by atoms with Gasteiger partial charge in [-0.3, -0.25) is 0 Å². The maximum absolute atomic E-state index is 12.5. The van der Waals surface area contributed by atoms with Crippen molar-refractivity contribution in [2.75, 3.05) is 19.8 Å². The van der Waals surface area contributed by atoms with Crippen LogP contribution in [0.25, 0.3) is 0 Å². The van der Waals surface area contributed by atoms with Gasteiger partial charge in [0.25, 0.3) is 0 Å². The van der Waals surface area contributed by atoms with Gasteiger partial charge in [-0.1, -0.05) is 0 Å². The molecule has 1 aromatic rings. The Bertz CT molecular complexity index is 775. The van der Waals surface area contributed by atoms with Crippen LogP contribution in [-0.2, 0) is 18.9 Å². The molecule has 0 heterocycles. The van der Waals surface area contributed by atoms with Crippen LogP contribution in [0.4, 0.5) is 4.79 Å². The van der Waals surface area contributed by atoms with E-state index >= 15 is 0 Å². The van der Waals surface area contributed by atoms with Crippen molar-refractivity contribution >= 4 is 24.1 Å². The van der Waals surface area contributed by atoms with E-state index in [0.717, 1.165) is 12.1 Å².